The standard InChI is InChI=1S/C28H22N2O6/c1-16(31)29-19-9-11-20(12-10-19)30-25(17-7-13-21(35-2)14-8-17)24(27(33)28(30)34)26(32)23-15-18-5-3-4-6-22(18)36-23/h3-15,25,33H,1-2H3,(H,29,31). The molecule has 1 aliphatic rings. The summed E-state index contributed by atoms with van der Waals surface area (Å²) in [5.41, 5.74) is 2.02. The number of aliphatic hydroxyl groups is 1. The van der Waals surface area contributed by atoms with Crippen LogP contribution in [0.3, 0.4) is 0 Å². The van der Waals surface area contributed by atoms with E-state index in [0.717, 1.165) is 5.39 Å². The van der Waals surface area contributed by atoms with Gasteiger partial charge in [-0.1, -0.05) is 30.3 Å². The number of carbonyl (C=O) groups is 3. The molecule has 180 valence electrons. The Morgan fingerprint density at radius 1 is 1.00 bits per heavy atom. The lowest BCUT2D eigenvalue weighted by Crippen LogP contribution is -2.31. The van der Waals surface area contributed by atoms with Gasteiger partial charge in [-0.25, -0.2) is 0 Å². The second-order valence-corrected chi connectivity index (χ2v) is 8.32. The van der Waals surface area contributed by atoms with Crippen LogP contribution < -0.4 is 15.0 Å². The molecule has 0 saturated heterocycles. The van der Waals surface area contributed by atoms with Gasteiger partial charge >= 0.3 is 0 Å². The average Bonchev–Trinajstić information content (AvgIpc) is 3.43. The Hall–Kier alpha value is -4.85. The van der Waals surface area contributed by atoms with Crippen LogP contribution in [-0.4, -0.2) is 29.8 Å². The zero-order valence-corrected chi connectivity index (χ0v) is 19.5. The lowest BCUT2D eigenvalue weighted by Gasteiger charge is -2.27. The van der Waals surface area contributed by atoms with Gasteiger partial charge in [0.1, 0.15) is 11.3 Å². The van der Waals surface area contributed by atoms with Crippen molar-refractivity contribution in [3.8, 4) is 5.75 Å². The molecular weight excluding hydrogens is 460 g/mol. The number of fused-ring (bicyclic) bond motifs is 1. The summed E-state index contributed by atoms with van der Waals surface area (Å²) in [6, 6.07) is 21.3. The molecule has 5 rings (SSSR count). The number of ketones is 1. The summed E-state index contributed by atoms with van der Waals surface area (Å²) in [6.07, 6.45) is 0. The highest BCUT2D eigenvalue weighted by Crippen LogP contribution is 2.43. The lowest BCUT2D eigenvalue weighted by molar-refractivity contribution is -0.117. The van der Waals surface area contributed by atoms with Crippen molar-refractivity contribution in [1.82, 2.24) is 0 Å². The highest BCUT2D eigenvalue weighted by atomic mass is 16.5. The molecule has 8 heteroatoms. The molecule has 1 aliphatic heterocycles. The van der Waals surface area contributed by atoms with Gasteiger partial charge < -0.3 is 19.6 Å². The first-order chi connectivity index (χ1) is 17.4. The minimum absolute atomic E-state index is 0.0203. The number of nitrogens with zero attached hydrogens (tertiary/aromatic N) is 1. The third-order valence-corrected chi connectivity index (χ3v) is 6.00. The molecule has 0 bridgehead atoms. The molecule has 1 aromatic heterocycles. The quantitative estimate of drug-likeness (QED) is 0.367. The molecule has 1 atom stereocenters. The van der Waals surface area contributed by atoms with E-state index in [1.54, 1.807) is 73.8 Å². The molecule has 8 nitrogen and oxygen atoms in total. The molecule has 0 saturated carbocycles. The van der Waals surface area contributed by atoms with Gasteiger partial charge in [0.2, 0.25) is 11.7 Å². The van der Waals surface area contributed by atoms with Crippen LogP contribution in [0.2, 0.25) is 0 Å². The first kappa shape index (κ1) is 22.9. The van der Waals surface area contributed by atoms with Gasteiger partial charge in [-0.15, -0.1) is 0 Å². The number of para-hydroxylation sites is 1. The summed E-state index contributed by atoms with van der Waals surface area (Å²) in [6.45, 7) is 1.40. The molecule has 3 aromatic carbocycles. The topological polar surface area (TPSA) is 109 Å². The molecule has 2 N–H and O–H groups in total. The second-order valence-electron chi connectivity index (χ2n) is 8.32. The van der Waals surface area contributed by atoms with E-state index in [1.165, 1.54) is 11.8 Å². The molecule has 36 heavy (non-hydrogen) atoms. The maximum absolute atomic E-state index is 13.7. The monoisotopic (exact) mass is 482 g/mol. The van der Waals surface area contributed by atoms with Gasteiger partial charge in [0.05, 0.1) is 18.7 Å². The van der Waals surface area contributed by atoms with Crippen LogP contribution in [0.4, 0.5) is 11.4 Å². The van der Waals surface area contributed by atoms with Crippen LogP contribution >= 0.6 is 0 Å². The summed E-state index contributed by atoms with van der Waals surface area (Å²) < 4.78 is 11.0. The zero-order valence-electron chi connectivity index (χ0n) is 19.5. The van der Waals surface area contributed by atoms with Gasteiger partial charge in [0.15, 0.2) is 11.5 Å². The predicted molar refractivity (Wildman–Crippen MR) is 134 cm³/mol. The Balaban J connectivity index is 1.60. The van der Waals surface area contributed by atoms with E-state index in [2.05, 4.69) is 5.32 Å². The first-order valence-electron chi connectivity index (χ1n) is 11.2. The van der Waals surface area contributed by atoms with E-state index in [4.69, 9.17) is 9.15 Å². The van der Waals surface area contributed by atoms with Gasteiger partial charge in [-0.2, -0.15) is 0 Å². The molecule has 0 fully saturated rings. The number of aliphatic hydroxyl groups excluding tert-OH is 1. The fraction of sp³-hybridized carbons (Fsp3) is 0.107. The van der Waals surface area contributed by atoms with Crippen molar-refractivity contribution in [2.75, 3.05) is 17.3 Å². The van der Waals surface area contributed by atoms with E-state index < -0.39 is 23.5 Å². The molecule has 0 radical (unpaired) electrons. The van der Waals surface area contributed by atoms with Crippen LogP contribution in [-0.2, 0) is 9.59 Å². The molecule has 2 heterocycles. The smallest absolute Gasteiger partial charge is 0.294 e. The Morgan fingerprint density at radius 3 is 2.33 bits per heavy atom. The van der Waals surface area contributed by atoms with Crippen molar-refractivity contribution < 1.29 is 28.6 Å². The van der Waals surface area contributed by atoms with Crippen LogP contribution in [0.25, 0.3) is 11.0 Å². The number of amides is 2. The van der Waals surface area contributed by atoms with Crippen molar-refractivity contribution in [3.63, 3.8) is 0 Å². The predicted octanol–water partition coefficient (Wildman–Crippen LogP) is 5.18. The summed E-state index contributed by atoms with van der Waals surface area (Å²) in [5, 5.41) is 14.4. The van der Waals surface area contributed by atoms with Gasteiger partial charge in [0.25, 0.3) is 5.91 Å². The average molecular weight is 482 g/mol. The Bertz CT molecular complexity index is 1480. The van der Waals surface area contributed by atoms with E-state index in [9.17, 15) is 19.5 Å². The number of anilines is 2. The second kappa shape index (κ2) is 9.07. The van der Waals surface area contributed by atoms with Crippen LogP contribution in [0.15, 0.2) is 94.6 Å². The van der Waals surface area contributed by atoms with Crippen LogP contribution in [0.5, 0.6) is 5.75 Å². The van der Waals surface area contributed by atoms with Crippen molar-refractivity contribution >= 4 is 39.9 Å². The first-order valence-corrected chi connectivity index (χ1v) is 11.2. The molecule has 1 unspecified atom stereocenters. The summed E-state index contributed by atoms with van der Waals surface area (Å²) in [4.78, 5) is 39.7. The highest BCUT2D eigenvalue weighted by Gasteiger charge is 2.45. The normalized spacial score (nSPS) is 15.4. The summed E-state index contributed by atoms with van der Waals surface area (Å²) >= 11 is 0. The van der Waals surface area contributed by atoms with Gasteiger partial charge in [-0.3, -0.25) is 19.3 Å². The molecule has 0 spiro atoms. The van der Waals surface area contributed by atoms with E-state index >= 15 is 0 Å². The van der Waals surface area contributed by atoms with Crippen LogP contribution in [0, 0.1) is 0 Å². The minimum Gasteiger partial charge on any atom is -0.503 e. The molecule has 4 aromatic rings. The van der Waals surface area contributed by atoms with Crippen molar-refractivity contribution in [2.24, 2.45) is 0 Å². The molecule has 0 aliphatic carbocycles. The van der Waals surface area contributed by atoms with Gasteiger partial charge in [0, 0.05) is 23.7 Å². The number of methoxy groups -OCH3 is 1. The number of hydrogen-bond acceptors (Lipinski definition) is 6. The Labute approximate surface area is 206 Å². The number of furan rings is 1. The fourth-order valence-corrected chi connectivity index (χ4v) is 4.34. The number of ether oxygens (including phenoxy) is 1. The van der Waals surface area contributed by atoms with Crippen molar-refractivity contribution in [2.45, 2.75) is 13.0 Å². The highest BCUT2D eigenvalue weighted by molar-refractivity contribution is 6.20. The van der Waals surface area contributed by atoms with E-state index in [0.29, 0.717) is 28.3 Å². The summed E-state index contributed by atoms with van der Waals surface area (Å²) in [7, 11) is 1.54. The maximum Gasteiger partial charge on any atom is 0.294 e. The third kappa shape index (κ3) is 3.98. The number of carbonyl (C=O) groups excluding carboxylic acids is 3. The number of rotatable bonds is 6. The largest absolute Gasteiger partial charge is 0.503 e. The summed E-state index contributed by atoms with van der Waals surface area (Å²) in [5.74, 6) is -1.56. The SMILES string of the molecule is COc1ccc(C2C(C(=O)c3cc4ccccc4o3)=C(O)C(=O)N2c2ccc(NC(C)=O)cc2)cc1. The van der Waals surface area contributed by atoms with Crippen molar-refractivity contribution in [1.29, 1.82) is 0 Å². The minimum atomic E-state index is -0.921. The van der Waals surface area contributed by atoms with Gasteiger partial charge in [-0.05, 0) is 54.1 Å². The molecular formula is C28H22N2O6. The third-order valence-electron chi connectivity index (χ3n) is 6.00. The number of nitrogens with one attached hydrogen (secondary N) is 1. The van der Waals surface area contributed by atoms with E-state index in [1.807, 2.05) is 12.1 Å². The number of hydrogen-bond donors (Lipinski definition) is 2. The fourth-order valence-electron chi connectivity index (χ4n) is 4.34. The maximum atomic E-state index is 13.7. The Kier molecular flexibility index (Phi) is 5.77. The lowest BCUT2D eigenvalue weighted by atomic mass is 9.94. The van der Waals surface area contributed by atoms with Crippen molar-refractivity contribution in [3.05, 3.63) is 102 Å². The van der Waals surface area contributed by atoms with E-state index in [-0.39, 0.29) is 17.2 Å². The van der Waals surface area contributed by atoms with Crippen LogP contribution in [0.1, 0.15) is 29.1 Å². The number of Topliss-reactive ketones (excluding diaryl/α,β-unsaturated/α-hetero) is 1. The molecule has 2 amide bonds. The zero-order chi connectivity index (χ0) is 25.4. The number of benzene rings is 3. The Morgan fingerprint density at radius 2 is 1.69 bits per heavy atom.